The highest BCUT2D eigenvalue weighted by molar-refractivity contribution is 9.10. The van der Waals surface area contributed by atoms with E-state index in [0.29, 0.717) is 6.04 Å². The summed E-state index contributed by atoms with van der Waals surface area (Å²) >= 11 is 3.62. The summed E-state index contributed by atoms with van der Waals surface area (Å²) in [5, 5.41) is 16.8. The van der Waals surface area contributed by atoms with Crippen LogP contribution < -0.4 is 5.32 Å². The van der Waals surface area contributed by atoms with Crippen LogP contribution in [0.4, 0.5) is 0 Å². The van der Waals surface area contributed by atoms with Crippen LogP contribution in [0.5, 0.6) is 0 Å². The number of aryl methyl sites for hydroxylation is 2. The van der Waals surface area contributed by atoms with Crippen LogP contribution in [0.2, 0.25) is 0 Å². The van der Waals surface area contributed by atoms with Gasteiger partial charge in [0, 0.05) is 25.7 Å². The van der Waals surface area contributed by atoms with E-state index >= 15 is 0 Å². The fourth-order valence-corrected chi connectivity index (χ4v) is 2.46. The molecule has 98 valence electrons. The lowest BCUT2D eigenvalue weighted by Crippen LogP contribution is -2.27. The van der Waals surface area contributed by atoms with Crippen LogP contribution in [-0.2, 0) is 19.5 Å². The Morgan fingerprint density at radius 2 is 2.18 bits per heavy atom. The molecule has 1 heterocycles. The van der Waals surface area contributed by atoms with Gasteiger partial charge < -0.3 is 10.4 Å². The molecule has 1 rings (SSSR count). The summed E-state index contributed by atoms with van der Waals surface area (Å²) in [7, 11) is 0. The molecule has 0 amide bonds. The third kappa shape index (κ3) is 3.79. The molecule has 0 spiro atoms. The minimum absolute atomic E-state index is 0.225. The lowest BCUT2D eigenvalue weighted by Gasteiger charge is -2.13. The Morgan fingerprint density at radius 3 is 2.71 bits per heavy atom. The molecule has 2 N–H and O–H groups in total. The molecule has 1 aromatic heterocycles. The maximum Gasteiger partial charge on any atom is 0.0767 e. The molecule has 1 unspecified atom stereocenters. The van der Waals surface area contributed by atoms with E-state index in [9.17, 15) is 0 Å². The molecule has 0 aromatic carbocycles. The molecule has 1 atom stereocenters. The average Bonchev–Trinajstić information content (AvgIpc) is 2.63. The fraction of sp³-hybridized carbons (Fsp3) is 0.750. The van der Waals surface area contributed by atoms with Gasteiger partial charge in [-0.05, 0) is 42.6 Å². The Hall–Kier alpha value is -0.390. The summed E-state index contributed by atoms with van der Waals surface area (Å²) in [5.41, 5.74) is 2.30. The van der Waals surface area contributed by atoms with E-state index in [-0.39, 0.29) is 6.61 Å². The highest BCUT2D eigenvalue weighted by atomic mass is 79.9. The summed E-state index contributed by atoms with van der Waals surface area (Å²) in [5.74, 6) is 0. The van der Waals surface area contributed by atoms with Crippen molar-refractivity contribution in [1.82, 2.24) is 15.1 Å². The molecule has 1 aromatic rings. The van der Waals surface area contributed by atoms with Crippen LogP contribution >= 0.6 is 15.9 Å². The molecule has 0 saturated heterocycles. The first-order chi connectivity index (χ1) is 8.13. The maximum absolute atomic E-state index is 8.86. The van der Waals surface area contributed by atoms with E-state index in [4.69, 9.17) is 5.11 Å². The lowest BCUT2D eigenvalue weighted by molar-refractivity contribution is 0.268. The zero-order valence-electron chi connectivity index (χ0n) is 10.8. The van der Waals surface area contributed by atoms with E-state index in [2.05, 4.69) is 47.1 Å². The van der Waals surface area contributed by atoms with Crippen molar-refractivity contribution < 1.29 is 5.11 Å². The summed E-state index contributed by atoms with van der Waals surface area (Å²) < 4.78 is 3.15. The van der Waals surface area contributed by atoms with Gasteiger partial charge in [0.1, 0.15) is 0 Å². The molecule has 0 radical (unpaired) electrons. The number of hydrogen-bond donors (Lipinski definition) is 2. The van der Waals surface area contributed by atoms with E-state index in [0.717, 1.165) is 36.1 Å². The first-order valence-electron chi connectivity index (χ1n) is 6.22. The molecule has 0 fully saturated rings. The molecule has 0 aliphatic rings. The van der Waals surface area contributed by atoms with Crippen LogP contribution in [0.25, 0.3) is 0 Å². The summed E-state index contributed by atoms with van der Waals surface area (Å²) in [6, 6.07) is 0.317. The van der Waals surface area contributed by atoms with Gasteiger partial charge in [0.25, 0.3) is 0 Å². The number of hydrogen-bond acceptors (Lipinski definition) is 3. The molecule has 4 nitrogen and oxygen atoms in total. The molecule has 0 aliphatic carbocycles. The van der Waals surface area contributed by atoms with Crippen molar-refractivity contribution in [2.75, 3.05) is 6.61 Å². The van der Waals surface area contributed by atoms with Crippen molar-refractivity contribution in [3.63, 3.8) is 0 Å². The fourth-order valence-electron chi connectivity index (χ4n) is 1.75. The second kappa shape index (κ2) is 7.13. The van der Waals surface area contributed by atoms with Gasteiger partial charge in [-0.1, -0.05) is 6.92 Å². The van der Waals surface area contributed by atoms with Crippen molar-refractivity contribution in [3.8, 4) is 0 Å². The van der Waals surface area contributed by atoms with E-state index in [1.165, 1.54) is 5.69 Å². The van der Waals surface area contributed by atoms with E-state index < -0.39 is 0 Å². The van der Waals surface area contributed by atoms with Gasteiger partial charge in [0.2, 0.25) is 0 Å². The molecule has 0 saturated carbocycles. The number of aromatic nitrogens is 2. The lowest BCUT2D eigenvalue weighted by atomic mass is 10.2. The van der Waals surface area contributed by atoms with Crippen LogP contribution in [0, 0.1) is 0 Å². The molecular weight excluding hydrogens is 282 g/mol. The standard InChI is InChI=1S/C12H22BrN3O/c1-4-10-12(13)11(16(5-2)15-10)8-14-9(3)6-7-17/h9,14,17H,4-8H2,1-3H3. The number of halogens is 1. The van der Waals surface area contributed by atoms with E-state index in [1.807, 2.05) is 4.68 Å². The zero-order chi connectivity index (χ0) is 12.8. The van der Waals surface area contributed by atoms with Gasteiger partial charge in [-0.15, -0.1) is 0 Å². The summed E-state index contributed by atoms with van der Waals surface area (Å²) in [6.45, 7) is 8.17. The van der Waals surface area contributed by atoms with Crippen molar-refractivity contribution in [3.05, 3.63) is 15.9 Å². The first-order valence-corrected chi connectivity index (χ1v) is 7.01. The molecule has 17 heavy (non-hydrogen) atoms. The smallest absolute Gasteiger partial charge is 0.0767 e. The predicted molar refractivity (Wildman–Crippen MR) is 73.0 cm³/mol. The number of nitrogens with zero attached hydrogens (tertiary/aromatic N) is 2. The zero-order valence-corrected chi connectivity index (χ0v) is 12.4. The molecule has 5 heteroatoms. The van der Waals surface area contributed by atoms with Gasteiger partial charge >= 0.3 is 0 Å². The average molecular weight is 304 g/mol. The van der Waals surface area contributed by atoms with Crippen LogP contribution in [0.1, 0.15) is 38.6 Å². The Balaban J connectivity index is 2.72. The minimum Gasteiger partial charge on any atom is -0.396 e. The third-order valence-corrected chi connectivity index (χ3v) is 3.79. The van der Waals surface area contributed by atoms with Crippen LogP contribution in [0.15, 0.2) is 4.47 Å². The van der Waals surface area contributed by atoms with Crippen LogP contribution in [-0.4, -0.2) is 27.5 Å². The Kier molecular flexibility index (Phi) is 6.16. The molecular formula is C12H22BrN3O. The van der Waals surface area contributed by atoms with Gasteiger partial charge in [0.15, 0.2) is 0 Å². The summed E-state index contributed by atoms with van der Waals surface area (Å²) in [6.07, 6.45) is 1.71. The van der Waals surface area contributed by atoms with Gasteiger partial charge in [-0.2, -0.15) is 5.10 Å². The Labute approximate surface area is 112 Å². The van der Waals surface area contributed by atoms with Gasteiger partial charge in [0.05, 0.1) is 15.9 Å². The largest absolute Gasteiger partial charge is 0.396 e. The third-order valence-electron chi connectivity index (χ3n) is 2.87. The quantitative estimate of drug-likeness (QED) is 0.811. The predicted octanol–water partition coefficient (Wildman–Crippen LogP) is 2.09. The topological polar surface area (TPSA) is 50.1 Å². The molecule has 0 aliphatic heterocycles. The van der Waals surface area contributed by atoms with Crippen molar-refractivity contribution >= 4 is 15.9 Å². The van der Waals surface area contributed by atoms with Crippen molar-refractivity contribution in [2.45, 2.75) is 52.7 Å². The number of nitrogens with one attached hydrogen (secondary N) is 1. The van der Waals surface area contributed by atoms with Crippen LogP contribution in [0.3, 0.4) is 0 Å². The summed E-state index contributed by atoms with van der Waals surface area (Å²) in [4.78, 5) is 0. The number of aliphatic hydroxyl groups is 1. The number of rotatable bonds is 7. The van der Waals surface area contributed by atoms with Gasteiger partial charge in [-0.25, -0.2) is 0 Å². The second-order valence-corrected chi connectivity index (χ2v) is 4.96. The van der Waals surface area contributed by atoms with E-state index in [1.54, 1.807) is 0 Å². The van der Waals surface area contributed by atoms with Crippen molar-refractivity contribution in [1.29, 1.82) is 0 Å². The van der Waals surface area contributed by atoms with Crippen molar-refractivity contribution in [2.24, 2.45) is 0 Å². The Morgan fingerprint density at radius 1 is 1.47 bits per heavy atom. The SMILES string of the molecule is CCc1nn(CC)c(CNC(C)CCO)c1Br. The first kappa shape index (κ1) is 14.7. The number of aliphatic hydroxyl groups excluding tert-OH is 1. The monoisotopic (exact) mass is 303 g/mol. The highest BCUT2D eigenvalue weighted by Crippen LogP contribution is 2.22. The Bertz CT molecular complexity index is 352. The maximum atomic E-state index is 8.86. The van der Waals surface area contributed by atoms with Gasteiger partial charge in [-0.3, -0.25) is 4.68 Å². The highest BCUT2D eigenvalue weighted by Gasteiger charge is 2.14. The normalized spacial score (nSPS) is 13.0. The molecule has 0 bridgehead atoms. The second-order valence-electron chi connectivity index (χ2n) is 4.17. The minimum atomic E-state index is 0.225.